The molecule has 1 atom stereocenters. The van der Waals surface area contributed by atoms with Gasteiger partial charge in [-0.25, -0.2) is 4.79 Å². The number of rotatable bonds is 3. The highest BCUT2D eigenvalue weighted by molar-refractivity contribution is 5.74. The van der Waals surface area contributed by atoms with E-state index in [4.69, 9.17) is 5.73 Å². The van der Waals surface area contributed by atoms with E-state index in [-0.39, 0.29) is 6.03 Å². The standard InChI is InChI=1S/C10H21N3O/c1-3-12(4-2)10(14)13-6-5-9(7-11)8-13/h9H,3-8,11H2,1-2H3. The van der Waals surface area contributed by atoms with E-state index in [2.05, 4.69) is 0 Å². The maximum atomic E-state index is 11.9. The van der Waals surface area contributed by atoms with Crippen LogP contribution in [-0.2, 0) is 0 Å². The summed E-state index contributed by atoms with van der Waals surface area (Å²) in [4.78, 5) is 15.7. The molecule has 4 heteroatoms. The van der Waals surface area contributed by atoms with Crippen molar-refractivity contribution in [2.45, 2.75) is 20.3 Å². The van der Waals surface area contributed by atoms with Gasteiger partial charge in [0.1, 0.15) is 0 Å². The van der Waals surface area contributed by atoms with Gasteiger partial charge in [0, 0.05) is 26.2 Å². The SMILES string of the molecule is CCN(CC)C(=O)N1CCC(CN)C1. The van der Waals surface area contributed by atoms with E-state index in [0.717, 1.165) is 32.6 Å². The Morgan fingerprint density at radius 2 is 2.14 bits per heavy atom. The van der Waals surface area contributed by atoms with Crippen LogP contribution in [0.25, 0.3) is 0 Å². The molecule has 14 heavy (non-hydrogen) atoms. The highest BCUT2D eigenvalue weighted by Gasteiger charge is 2.27. The minimum absolute atomic E-state index is 0.172. The molecule has 0 aliphatic carbocycles. The second kappa shape index (κ2) is 5.20. The summed E-state index contributed by atoms with van der Waals surface area (Å²) in [7, 11) is 0. The molecule has 1 unspecified atom stereocenters. The van der Waals surface area contributed by atoms with Crippen LogP contribution in [0.15, 0.2) is 0 Å². The van der Waals surface area contributed by atoms with Crippen LogP contribution in [0.1, 0.15) is 20.3 Å². The molecule has 4 nitrogen and oxygen atoms in total. The Kier molecular flexibility index (Phi) is 4.20. The Balaban J connectivity index is 2.45. The van der Waals surface area contributed by atoms with Crippen molar-refractivity contribution in [3.05, 3.63) is 0 Å². The smallest absolute Gasteiger partial charge is 0.319 e. The maximum absolute atomic E-state index is 11.9. The summed E-state index contributed by atoms with van der Waals surface area (Å²) in [6.07, 6.45) is 1.06. The summed E-state index contributed by atoms with van der Waals surface area (Å²) in [6.45, 7) is 8.01. The lowest BCUT2D eigenvalue weighted by Crippen LogP contribution is -2.42. The lowest BCUT2D eigenvalue weighted by Gasteiger charge is -2.25. The van der Waals surface area contributed by atoms with Crippen molar-refractivity contribution < 1.29 is 4.79 Å². The molecular weight excluding hydrogens is 178 g/mol. The van der Waals surface area contributed by atoms with Gasteiger partial charge in [-0.05, 0) is 32.7 Å². The first-order valence-electron chi connectivity index (χ1n) is 5.46. The third-order valence-electron chi connectivity index (χ3n) is 2.92. The minimum Gasteiger partial charge on any atom is -0.330 e. The molecule has 1 rings (SSSR count). The number of hydrogen-bond donors (Lipinski definition) is 1. The molecule has 0 spiro atoms. The zero-order valence-corrected chi connectivity index (χ0v) is 9.20. The van der Waals surface area contributed by atoms with Gasteiger partial charge >= 0.3 is 6.03 Å². The van der Waals surface area contributed by atoms with E-state index in [1.54, 1.807) is 0 Å². The molecule has 2 amide bonds. The summed E-state index contributed by atoms with van der Waals surface area (Å²) in [5, 5.41) is 0. The van der Waals surface area contributed by atoms with Crippen LogP contribution in [0, 0.1) is 5.92 Å². The first-order valence-corrected chi connectivity index (χ1v) is 5.46. The third kappa shape index (κ3) is 2.38. The fraction of sp³-hybridized carbons (Fsp3) is 0.900. The third-order valence-corrected chi connectivity index (χ3v) is 2.92. The average molecular weight is 199 g/mol. The van der Waals surface area contributed by atoms with Crippen molar-refractivity contribution in [3.8, 4) is 0 Å². The summed E-state index contributed by atoms with van der Waals surface area (Å²) < 4.78 is 0. The summed E-state index contributed by atoms with van der Waals surface area (Å²) in [5.74, 6) is 0.509. The zero-order chi connectivity index (χ0) is 10.6. The highest BCUT2D eigenvalue weighted by Crippen LogP contribution is 2.16. The molecule has 0 aromatic heterocycles. The van der Waals surface area contributed by atoms with Gasteiger partial charge in [0.15, 0.2) is 0 Å². The first-order chi connectivity index (χ1) is 6.72. The first kappa shape index (κ1) is 11.3. The fourth-order valence-electron chi connectivity index (χ4n) is 1.89. The molecule has 1 heterocycles. The number of carbonyl (C=O) groups excluding carboxylic acids is 1. The van der Waals surface area contributed by atoms with E-state index >= 15 is 0 Å². The van der Waals surface area contributed by atoms with Gasteiger partial charge in [-0.15, -0.1) is 0 Å². The zero-order valence-electron chi connectivity index (χ0n) is 9.20. The molecule has 0 radical (unpaired) electrons. The van der Waals surface area contributed by atoms with Crippen LogP contribution in [0.4, 0.5) is 4.79 Å². The molecule has 0 aromatic carbocycles. The lowest BCUT2D eigenvalue weighted by atomic mass is 10.1. The second-order valence-corrected chi connectivity index (χ2v) is 3.79. The van der Waals surface area contributed by atoms with Gasteiger partial charge in [0.05, 0.1) is 0 Å². The number of urea groups is 1. The second-order valence-electron chi connectivity index (χ2n) is 3.79. The number of nitrogens with zero attached hydrogens (tertiary/aromatic N) is 2. The predicted molar refractivity (Wildman–Crippen MR) is 57.1 cm³/mol. The van der Waals surface area contributed by atoms with E-state index in [0.29, 0.717) is 12.5 Å². The van der Waals surface area contributed by atoms with Crippen molar-refractivity contribution in [2.75, 3.05) is 32.7 Å². The van der Waals surface area contributed by atoms with E-state index in [1.807, 2.05) is 23.6 Å². The monoisotopic (exact) mass is 199 g/mol. The average Bonchev–Trinajstić information content (AvgIpc) is 2.67. The van der Waals surface area contributed by atoms with Crippen molar-refractivity contribution in [2.24, 2.45) is 11.7 Å². The van der Waals surface area contributed by atoms with Gasteiger partial charge in [-0.1, -0.05) is 0 Å². The van der Waals surface area contributed by atoms with Crippen molar-refractivity contribution in [1.29, 1.82) is 0 Å². The molecule has 0 saturated carbocycles. The van der Waals surface area contributed by atoms with Crippen LogP contribution >= 0.6 is 0 Å². The maximum Gasteiger partial charge on any atom is 0.319 e. The number of likely N-dealkylation sites (tertiary alicyclic amines) is 1. The molecule has 0 bridgehead atoms. The summed E-state index contributed by atoms with van der Waals surface area (Å²) >= 11 is 0. The molecule has 1 saturated heterocycles. The number of carbonyl (C=O) groups is 1. The molecule has 1 fully saturated rings. The van der Waals surface area contributed by atoms with E-state index in [1.165, 1.54) is 0 Å². The van der Waals surface area contributed by atoms with Gasteiger partial charge in [0.2, 0.25) is 0 Å². The molecule has 1 aliphatic heterocycles. The van der Waals surface area contributed by atoms with E-state index < -0.39 is 0 Å². The lowest BCUT2D eigenvalue weighted by molar-refractivity contribution is 0.166. The normalized spacial score (nSPS) is 21.4. The van der Waals surface area contributed by atoms with Gasteiger partial charge in [-0.3, -0.25) is 0 Å². The highest BCUT2D eigenvalue weighted by atomic mass is 16.2. The fourth-order valence-corrected chi connectivity index (χ4v) is 1.89. The predicted octanol–water partition coefficient (Wildman–Crippen LogP) is 0.729. The van der Waals surface area contributed by atoms with E-state index in [9.17, 15) is 4.79 Å². The van der Waals surface area contributed by atoms with Crippen LogP contribution < -0.4 is 5.73 Å². The topological polar surface area (TPSA) is 49.6 Å². The Labute approximate surface area is 86.0 Å². The minimum atomic E-state index is 0.172. The van der Waals surface area contributed by atoms with Crippen molar-refractivity contribution in [3.63, 3.8) is 0 Å². The largest absolute Gasteiger partial charge is 0.330 e. The quantitative estimate of drug-likeness (QED) is 0.728. The Morgan fingerprint density at radius 3 is 2.57 bits per heavy atom. The number of hydrogen-bond acceptors (Lipinski definition) is 2. The molecule has 82 valence electrons. The van der Waals surface area contributed by atoms with Crippen LogP contribution in [0.5, 0.6) is 0 Å². The number of amides is 2. The molecule has 2 N–H and O–H groups in total. The van der Waals surface area contributed by atoms with Crippen molar-refractivity contribution >= 4 is 6.03 Å². The Hall–Kier alpha value is -0.770. The van der Waals surface area contributed by atoms with Gasteiger partial charge in [0.25, 0.3) is 0 Å². The molecule has 1 aliphatic rings. The Morgan fingerprint density at radius 1 is 1.50 bits per heavy atom. The Bertz CT molecular complexity index is 192. The summed E-state index contributed by atoms with van der Waals surface area (Å²) in [6, 6.07) is 0.172. The van der Waals surface area contributed by atoms with Crippen LogP contribution in [-0.4, -0.2) is 48.6 Å². The van der Waals surface area contributed by atoms with Gasteiger partial charge < -0.3 is 15.5 Å². The number of nitrogens with two attached hydrogens (primary N) is 1. The van der Waals surface area contributed by atoms with Crippen LogP contribution in [0.3, 0.4) is 0 Å². The summed E-state index contributed by atoms with van der Waals surface area (Å²) in [5.41, 5.74) is 5.59. The van der Waals surface area contributed by atoms with Gasteiger partial charge in [-0.2, -0.15) is 0 Å². The van der Waals surface area contributed by atoms with Crippen LogP contribution in [0.2, 0.25) is 0 Å². The molecular formula is C10H21N3O. The molecule has 0 aromatic rings. The van der Waals surface area contributed by atoms with Crippen molar-refractivity contribution in [1.82, 2.24) is 9.80 Å².